The van der Waals surface area contributed by atoms with Gasteiger partial charge in [-0.2, -0.15) is 15.3 Å². The molecule has 3 aromatic heterocycles. The summed E-state index contributed by atoms with van der Waals surface area (Å²) in [6, 6.07) is 63.0. The van der Waals surface area contributed by atoms with Gasteiger partial charge in [-0.3, -0.25) is 4.79 Å². The molecule has 4 aliphatic rings. The van der Waals surface area contributed by atoms with Crippen LogP contribution in [0.1, 0.15) is 145 Å². The van der Waals surface area contributed by atoms with Crippen molar-refractivity contribution in [3.63, 3.8) is 0 Å². The number of benzene rings is 9. The van der Waals surface area contributed by atoms with Crippen LogP contribution < -0.4 is 5.32 Å². The van der Waals surface area contributed by atoms with Gasteiger partial charge in [0, 0.05) is 70.1 Å². The normalized spacial score (nSPS) is 18.8. The summed E-state index contributed by atoms with van der Waals surface area (Å²) in [4.78, 5) is 89.5. The molecule has 0 saturated carbocycles. The number of amides is 6. The summed E-state index contributed by atoms with van der Waals surface area (Å²) in [5.74, 6) is -4.89. The van der Waals surface area contributed by atoms with Crippen LogP contribution in [0.5, 0.6) is 0 Å². The van der Waals surface area contributed by atoms with Crippen molar-refractivity contribution in [1.29, 1.82) is 0 Å². The monoisotopic (exact) mass is 1980 g/mol. The number of rotatable bonds is 27. The Hall–Kier alpha value is -13.5. The average molecular weight is 1980 g/mol. The summed E-state index contributed by atoms with van der Waals surface area (Å²) in [5.41, 5.74) is 2.96. The lowest BCUT2D eigenvalue weighted by atomic mass is 9.84. The number of halogens is 10. The van der Waals surface area contributed by atoms with Gasteiger partial charge in [0.2, 0.25) is 0 Å². The Bertz CT molecular complexity index is 6240. The standard InChI is InChI=1S/C40H47F3N6O4.C34H35ClF3N5O3.C33H36F3N5O2/c1-26-19-46(20-27(2)53-26)38(50)48(23-30-22-47(24-34(30)43)39(51)52-25-29-14-10-7-11-15-29)35(40(3,4)5)37-44-36(32-18-31(41)16-17-33(32)42)45-49(37)21-28-12-8-6-9-13-28;1-34(2,3)29(31-39-30(26-16-25(36)14-15-27(26)37)40-43(31)17-22-10-6-4-7-11-22)42(32(35)44)19-24-18-41(20-28(24)38)33(45)46-21-23-12-8-5-9-13-23;1-33(2,3)29(37-17-24-19-40(20-28(24)36)32(42)43-21-23-12-8-5-9-13-23)31-38-30(26-16-25(34)14-15-27(26)35)39-41(31)18-22-10-6-4-7-11-22/h6-18,26-27,30,34-35H,19-25H2,1-5H3;4-16,24,28-29H,17-21H2,1-3H3;4-16,24,28-29,37H,17-21H2,1-3H3/t26-,27+,30-,34-,35-;24-,28-,29-;24-,28+,29+/m001/s1. The summed E-state index contributed by atoms with van der Waals surface area (Å²) in [5, 5.41) is 16.5. The lowest BCUT2D eigenvalue weighted by molar-refractivity contribution is -0.0621. The molecule has 0 unspecified atom stereocenters. The maximum Gasteiger partial charge on any atom is 0.410 e. The first kappa shape index (κ1) is 104. The number of hydrogen-bond donors (Lipinski definition) is 1. The summed E-state index contributed by atoms with van der Waals surface area (Å²) < 4.78 is 161. The van der Waals surface area contributed by atoms with E-state index in [2.05, 4.69) is 20.5 Å². The maximum absolute atomic E-state index is 16.1. The molecule has 11 atom stereocenters. The second-order valence-electron chi connectivity index (χ2n) is 39.6. The largest absolute Gasteiger partial charge is 0.445 e. The van der Waals surface area contributed by atoms with E-state index >= 15 is 17.6 Å². The zero-order valence-electron chi connectivity index (χ0n) is 81.1. The molecule has 0 radical (unpaired) electrons. The van der Waals surface area contributed by atoms with Crippen LogP contribution in [0.2, 0.25) is 0 Å². The van der Waals surface area contributed by atoms with E-state index in [9.17, 15) is 45.9 Å². The van der Waals surface area contributed by atoms with Crippen molar-refractivity contribution in [3.05, 3.63) is 322 Å². The molecule has 0 bridgehead atoms. The fourth-order valence-electron chi connectivity index (χ4n) is 18.2. The number of likely N-dealkylation sites (tertiary alicyclic amines) is 3. The van der Waals surface area contributed by atoms with Crippen LogP contribution >= 0.6 is 11.6 Å². The quantitative estimate of drug-likeness (QED) is 0.0218. The highest BCUT2D eigenvalue weighted by Crippen LogP contribution is 2.45. The molecule has 142 heavy (non-hydrogen) atoms. The molecule has 12 aromatic rings. The highest BCUT2D eigenvalue weighted by Gasteiger charge is 2.49. The number of alkyl halides is 3. The second-order valence-corrected chi connectivity index (χ2v) is 39.9. The fraction of sp³-hybridized carbons (Fsp3) is 0.393. The summed E-state index contributed by atoms with van der Waals surface area (Å²) >= 11 is 6.21. The van der Waals surface area contributed by atoms with Crippen molar-refractivity contribution >= 4 is 41.3 Å². The SMILES string of the molecule is CC(C)(C)[C@@H](NC[C@@H]1CN(C(=O)OCc2ccccc2)C[C@@H]1F)c1nc(-c2cc(F)ccc2F)nn1Cc1ccccc1.CC(C)(C)[C@H](c1nc(-c2cc(F)ccc2F)nn1Cc1ccccc1)N(C[C@@H]1CN(C(=O)OCc2ccccc2)C[C@@H]1F)C(=O)Cl.C[C@@H]1CN(C(=O)N(C[C@@H]2CN(C(=O)OCc3ccccc3)C[C@@H]2F)[C@@H](c2nc(-c3cc(F)ccc3F)nn2Cc2ccccc2)C(C)(C)C)C[C@H](C)O1. The molecule has 1 N–H and O–H groups in total. The molecule has 4 aliphatic heterocycles. The summed E-state index contributed by atoms with van der Waals surface area (Å²) in [6.45, 7) is 22.7. The molecule has 0 spiro atoms. The first-order valence-corrected chi connectivity index (χ1v) is 47.6. The third-order valence-electron chi connectivity index (χ3n) is 25.1. The smallest absolute Gasteiger partial charge is 0.410 e. The van der Waals surface area contributed by atoms with Crippen LogP contribution in [-0.2, 0) is 58.4 Å². The number of carbonyl (C=O) groups excluding carboxylic acids is 5. The van der Waals surface area contributed by atoms with E-state index in [1.807, 2.05) is 258 Å². The van der Waals surface area contributed by atoms with Crippen LogP contribution in [0.3, 0.4) is 0 Å². The predicted molar refractivity (Wildman–Crippen MR) is 519 cm³/mol. The van der Waals surface area contributed by atoms with Crippen molar-refractivity contribution in [2.45, 2.75) is 164 Å². The van der Waals surface area contributed by atoms with Gasteiger partial charge in [0.1, 0.15) is 79.1 Å². The third kappa shape index (κ3) is 27.0. The number of aromatic nitrogens is 9. The average Bonchev–Trinajstić information content (AvgIpc) is 1.61. The molecule has 7 heterocycles. The zero-order valence-corrected chi connectivity index (χ0v) is 81.8. The first-order chi connectivity index (χ1) is 67.7. The molecular formula is C107H118ClF9N16O9. The van der Waals surface area contributed by atoms with Gasteiger partial charge in [0.25, 0.3) is 0 Å². The number of nitrogens with one attached hydrogen (secondary N) is 1. The van der Waals surface area contributed by atoms with Crippen LogP contribution in [0.4, 0.5) is 63.5 Å². The highest BCUT2D eigenvalue weighted by molar-refractivity contribution is 6.62. The minimum Gasteiger partial charge on any atom is -0.445 e. The van der Waals surface area contributed by atoms with Gasteiger partial charge >= 0.3 is 29.7 Å². The second kappa shape index (κ2) is 46.5. The van der Waals surface area contributed by atoms with E-state index in [0.29, 0.717) is 31.3 Å². The first-order valence-electron chi connectivity index (χ1n) is 47.3. The van der Waals surface area contributed by atoms with E-state index in [1.54, 1.807) is 19.2 Å². The number of ether oxygens (including phenoxy) is 4. The minimum atomic E-state index is -1.46. The van der Waals surface area contributed by atoms with Crippen LogP contribution in [0.25, 0.3) is 34.2 Å². The van der Waals surface area contributed by atoms with Gasteiger partial charge in [0.15, 0.2) is 29.1 Å². The van der Waals surface area contributed by atoms with Gasteiger partial charge in [-0.1, -0.05) is 244 Å². The van der Waals surface area contributed by atoms with Gasteiger partial charge < -0.3 is 53.7 Å². The lowest BCUT2D eigenvalue weighted by Crippen LogP contribution is -2.56. The molecule has 4 fully saturated rings. The van der Waals surface area contributed by atoms with E-state index in [4.69, 9.17) is 45.6 Å². The number of morpholine rings is 1. The predicted octanol–water partition coefficient (Wildman–Crippen LogP) is 21.7. The summed E-state index contributed by atoms with van der Waals surface area (Å²) in [7, 11) is 0. The Kier molecular flexibility index (Phi) is 34.2. The molecule has 16 rings (SSSR count). The van der Waals surface area contributed by atoms with Crippen molar-refractivity contribution < 1.29 is 82.4 Å². The molecule has 9 aromatic carbocycles. The molecule has 4 saturated heterocycles. The number of carbonyl (C=O) groups is 5. The van der Waals surface area contributed by atoms with Crippen LogP contribution in [0.15, 0.2) is 237 Å². The van der Waals surface area contributed by atoms with Crippen molar-refractivity contribution in [2.24, 2.45) is 34.0 Å². The molecule has 6 amide bonds. The van der Waals surface area contributed by atoms with E-state index in [-0.39, 0.29) is 150 Å². The molecule has 25 nitrogen and oxygen atoms in total. The molecule has 0 aliphatic carbocycles. The topological polar surface area (TPSA) is 246 Å². The zero-order chi connectivity index (χ0) is 101. The lowest BCUT2D eigenvalue weighted by Gasteiger charge is -2.45. The number of nitrogens with zero attached hydrogens (tertiary/aromatic N) is 15. The molecular weight excluding hydrogens is 1860 g/mol. The van der Waals surface area contributed by atoms with E-state index < -0.39 is 129 Å². The molecule has 750 valence electrons. The van der Waals surface area contributed by atoms with Gasteiger partial charge in [-0.25, -0.2) is 87.7 Å². The Morgan fingerprint density at radius 2 is 0.683 bits per heavy atom. The number of urea groups is 1. The van der Waals surface area contributed by atoms with Crippen molar-refractivity contribution in [2.75, 3.05) is 72.0 Å². The summed E-state index contributed by atoms with van der Waals surface area (Å²) in [6.07, 6.45) is -6.46. The van der Waals surface area contributed by atoms with E-state index in [0.717, 1.165) is 88.0 Å². The van der Waals surface area contributed by atoms with Crippen LogP contribution in [0, 0.1) is 68.9 Å². The molecule has 35 heteroatoms. The Morgan fingerprint density at radius 1 is 0.387 bits per heavy atom. The maximum atomic E-state index is 16.1. The van der Waals surface area contributed by atoms with Crippen molar-refractivity contribution in [1.82, 2.24) is 79.0 Å². The van der Waals surface area contributed by atoms with Gasteiger partial charge in [-0.05, 0) is 130 Å². The van der Waals surface area contributed by atoms with Crippen LogP contribution in [-0.4, -0.2) is 206 Å². The highest BCUT2D eigenvalue weighted by atomic mass is 35.5. The van der Waals surface area contributed by atoms with Gasteiger partial charge in [0.05, 0.1) is 86.3 Å². The Labute approximate surface area is 825 Å². The number of hydrogen-bond acceptors (Lipinski definition) is 16. The Balaban J connectivity index is 0.000000170. The third-order valence-corrected chi connectivity index (χ3v) is 25.3. The van der Waals surface area contributed by atoms with E-state index in [1.165, 1.54) is 24.3 Å². The van der Waals surface area contributed by atoms with Crippen molar-refractivity contribution in [3.8, 4) is 34.2 Å². The van der Waals surface area contributed by atoms with Gasteiger partial charge in [-0.15, -0.1) is 0 Å². The minimum absolute atomic E-state index is 0.00276. The Morgan fingerprint density at radius 3 is 1.01 bits per heavy atom. The fourth-order valence-corrected chi connectivity index (χ4v) is 18.4.